The number of carbonyl (C=O) groups excluding carboxylic acids is 1. The first-order valence-electron chi connectivity index (χ1n) is 9.32. The molecule has 0 bridgehead atoms. The number of fused-ring (bicyclic) bond motifs is 2. The Morgan fingerprint density at radius 2 is 1.96 bits per heavy atom. The Kier molecular flexibility index (Phi) is 4.89. The first kappa shape index (κ1) is 18.6. The Morgan fingerprint density at radius 3 is 2.79 bits per heavy atom. The van der Waals surface area contributed by atoms with Crippen LogP contribution < -0.4 is 19.1 Å². The number of anilines is 2. The second-order valence-electron chi connectivity index (χ2n) is 6.86. The summed E-state index contributed by atoms with van der Waals surface area (Å²) in [5.41, 5.74) is 2.74. The number of amides is 1. The van der Waals surface area contributed by atoms with Gasteiger partial charge in [0.2, 0.25) is 16.8 Å². The third kappa shape index (κ3) is 3.52. The molecule has 1 N–H and O–H groups in total. The van der Waals surface area contributed by atoms with Gasteiger partial charge in [0.1, 0.15) is 0 Å². The second kappa shape index (κ2) is 7.35. The van der Waals surface area contributed by atoms with Gasteiger partial charge in [0.25, 0.3) is 5.91 Å². The Balaban J connectivity index is 1.55. The molecule has 4 rings (SSSR count). The summed E-state index contributed by atoms with van der Waals surface area (Å²) in [7, 11) is -3.31. The predicted molar refractivity (Wildman–Crippen MR) is 107 cm³/mol. The number of hydrogen-bond acceptors (Lipinski definition) is 5. The number of nitrogens with zero attached hydrogens (tertiary/aromatic N) is 1. The largest absolute Gasteiger partial charge is 0.454 e. The summed E-state index contributed by atoms with van der Waals surface area (Å²) in [6.07, 6.45) is 2.12. The van der Waals surface area contributed by atoms with Crippen molar-refractivity contribution in [2.75, 3.05) is 28.7 Å². The standard InChI is InChI=1S/C20H22N2O5S/c1-2-10-28(24,25)22-9-3-4-14-11-16(6-7-17(14)22)21-20(23)15-5-8-18-19(12-15)27-13-26-18/h5-8,11-12H,2-4,9-10,13H2,1H3,(H,21,23). The highest BCUT2D eigenvalue weighted by Crippen LogP contribution is 2.34. The minimum Gasteiger partial charge on any atom is -0.454 e. The minimum atomic E-state index is -3.31. The van der Waals surface area contributed by atoms with Crippen LogP contribution in [-0.4, -0.2) is 33.4 Å². The number of rotatable bonds is 5. The van der Waals surface area contributed by atoms with E-state index in [1.807, 2.05) is 13.0 Å². The van der Waals surface area contributed by atoms with Gasteiger partial charge in [0, 0.05) is 17.8 Å². The lowest BCUT2D eigenvalue weighted by atomic mass is 10.0. The number of benzene rings is 2. The topological polar surface area (TPSA) is 84.9 Å². The van der Waals surface area contributed by atoms with E-state index in [4.69, 9.17) is 9.47 Å². The van der Waals surface area contributed by atoms with Crippen molar-refractivity contribution in [2.45, 2.75) is 26.2 Å². The average Bonchev–Trinajstić information content (AvgIpc) is 3.15. The van der Waals surface area contributed by atoms with Crippen LogP contribution in [0.4, 0.5) is 11.4 Å². The lowest BCUT2D eigenvalue weighted by molar-refractivity contribution is 0.102. The van der Waals surface area contributed by atoms with Gasteiger partial charge < -0.3 is 14.8 Å². The van der Waals surface area contributed by atoms with Crippen LogP contribution in [0.15, 0.2) is 36.4 Å². The van der Waals surface area contributed by atoms with E-state index in [1.54, 1.807) is 30.3 Å². The Hall–Kier alpha value is -2.74. The first-order chi connectivity index (χ1) is 13.5. The quantitative estimate of drug-likeness (QED) is 0.830. The highest BCUT2D eigenvalue weighted by atomic mass is 32.2. The predicted octanol–water partition coefficient (Wildman–Crippen LogP) is 3.16. The molecular formula is C20H22N2O5S. The van der Waals surface area contributed by atoms with E-state index in [0.717, 1.165) is 18.4 Å². The molecule has 0 aliphatic carbocycles. The Labute approximate surface area is 164 Å². The van der Waals surface area contributed by atoms with Crippen molar-refractivity contribution in [3.8, 4) is 11.5 Å². The van der Waals surface area contributed by atoms with Crippen LogP contribution in [0.2, 0.25) is 0 Å². The summed E-state index contributed by atoms with van der Waals surface area (Å²) in [5.74, 6) is 1.05. The molecule has 148 valence electrons. The SMILES string of the molecule is CCCS(=O)(=O)N1CCCc2cc(NC(=O)c3ccc4c(c3)OCO4)ccc21. The van der Waals surface area contributed by atoms with Gasteiger partial charge in [-0.2, -0.15) is 0 Å². The zero-order chi connectivity index (χ0) is 19.7. The molecule has 8 heteroatoms. The molecule has 2 aromatic rings. The highest BCUT2D eigenvalue weighted by molar-refractivity contribution is 7.92. The molecule has 0 radical (unpaired) electrons. The zero-order valence-electron chi connectivity index (χ0n) is 15.6. The molecule has 0 spiro atoms. The first-order valence-corrected chi connectivity index (χ1v) is 10.9. The van der Waals surface area contributed by atoms with Gasteiger partial charge in [-0.25, -0.2) is 8.42 Å². The van der Waals surface area contributed by atoms with Crippen LogP contribution >= 0.6 is 0 Å². The van der Waals surface area contributed by atoms with Crippen LogP contribution in [0.1, 0.15) is 35.7 Å². The van der Waals surface area contributed by atoms with Crippen molar-refractivity contribution in [3.05, 3.63) is 47.5 Å². The minimum absolute atomic E-state index is 0.134. The van der Waals surface area contributed by atoms with E-state index in [2.05, 4.69) is 5.32 Å². The maximum atomic E-state index is 12.6. The van der Waals surface area contributed by atoms with Gasteiger partial charge >= 0.3 is 0 Å². The lowest BCUT2D eigenvalue weighted by Crippen LogP contribution is -2.37. The van der Waals surface area contributed by atoms with E-state index < -0.39 is 10.0 Å². The summed E-state index contributed by atoms with van der Waals surface area (Å²) < 4.78 is 37.1. The summed E-state index contributed by atoms with van der Waals surface area (Å²) in [6, 6.07) is 10.4. The van der Waals surface area contributed by atoms with E-state index in [0.29, 0.717) is 41.4 Å². The number of sulfonamides is 1. The molecule has 28 heavy (non-hydrogen) atoms. The highest BCUT2D eigenvalue weighted by Gasteiger charge is 2.27. The van der Waals surface area contributed by atoms with Crippen molar-refractivity contribution in [1.82, 2.24) is 0 Å². The molecule has 2 heterocycles. The fourth-order valence-electron chi connectivity index (χ4n) is 3.54. The van der Waals surface area contributed by atoms with Gasteiger partial charge in [-0.05, 0) is 61.2 Å². The fourth-order valence-corrected chi connectivity index (χ4v) is 5.16. The van der Waals surface area contributed by atoms with E-state index in [9.17, 15) is 13.2 Å². The van der Waals surface area contributed by atoms with Gasteiger partial charge in [-0.3, -0.25) is 9.10 Å². The van der Waals surface area contributed by atoms with Crippen LogP contribution in [0.5, 0.6) is 11.5 Å². The van der Waals surface area contributed by atoms with Gasteiger partial charge in [0.15, 0.2) is 11.5 Å². The molecule has 2 aliphatic heterocycles. The molecule has 0 saturated carbocycles. The second-order valence-corrected chi connectivity index (χ2v) is 8.87. The summed E-state index contributed by atoms with van der Waals surface area (Å²) in [5, 5.41) is 2.87. The van der Waals surface area contributed by atoms with Crippen LogP contribution in [0.25, 0.3) is 0 Å². The summed E-state index contributed by atoms with van der Waals surface area (Å²) in [6.45, 7) is 2.51. The number of nitrogens with one attached hydrogen (secondary N) is 1. The van der Waals surface area contributed by atoms with Crippen LogP contribution in [0.3, 0.4) is 0 Å². The van der Waals surface area contributed by atoms with Crippen molar-refractivity contribution in [3.63, 3.8) is 0 Å². The van der Waals surface area contributed by atoms with Crippen molar-refractivity contribution >= 4 is 27.3 Å². The van der Waals surface area contributed by atoms with Gasteiger partial charge in [-0.1, -0.05) is 6.92 Å². The smallest absolute Gasteiger partial charge is 0.255 e. The summed E-state index contributed by atoms with van der Waals surface area (Å²) >= 11 is 0. The van der Waals surface area contributed by atoms with Crippen molar-refractivity contribution in [1.29, 1.82) is 0 Å². The normalized spacial score (nSPS) is 15.2. The Bertz CT molecular complexity index is 1020. The molecule has 0 atom stereocenters. The third-order valence-electron chi connectivity index (χ3n) is 4.85. The van der Waals surface area contributed by atoms with Gasteiger partial charge in [0.05, 0.1) is 11.4 Å². The molecule has 2 aliphatic rings. The third-order valence-corrected chi connectivity index (χ3v) is 6.82. The fraction of sp³-hybridized carbons (Fsp3) is 0.350. The molecule has 0 saturated heterocycles. The Morgan fingerprint density at radius 1 is 1.14 bits per heavy atom. The molecule has 0 aromatic heterocycles. The number of ether oxygens (including phenoxy) is 2. The molecule has 2 aromatic carbocycles. The van der Waals surface area contributed by atoms with E-state index >= 15 is 0 Å². The van der Waals surface area contributed by atoms with Crippen LogP contribution in [-0.2, 0) is 16.4 Å². The maximum Gasteiger partial charge on any atom is 0.255 e. The molecular weight excluding hydrogens is 380 g/mol. The van der Waals surface area contributed by atoms with Crippen molar-refractivity contribution in [2.24, 2.45) is 0 Å². The molecule has 0 fully saturated rings. The molecule has 1 amide bonds. The molecule has 7 nitrogen and oxygen atoms in total. The number of carbonyl (C=O) groups is 1. The lowest BCUT2D eigenvalue weighted by Gasteiger charge is -2.30. The van der Waals surface area contributed by atoms with E-state index in [-0.39, 0.29) is 18.5 Å². The number of aryl methyl sites for hydroxylation is 1. The molecule has 0 unspecified atom stereocenters. The van der Waals surface area contributed by atoms with Crippen molar-refractivity contribution < 1.29 is 22.7 Å². The monoisotopic (exact) mass is 402 g/mol. The van der Waals surface area contributed by atoms with Gasteiger partial charge in [-0.15, -0.1) is 0 Å². The van der Waals surface area contributed by atoms with Crippen LogP contribution in [0, 0.1) is 0 Å². The summed E-state index contributed by atoms with van der Waals surface area (Å²) in [4.78, 5) is 12.6. The van der Waals surface area contributed by atoms with E-state index in [1.165, 1.54) is 4.31 Å². The number of hydrogen-bond donors (Lipinski definition) is 1. The zero-order valence-corrected chi connectivity index (χ0v) is 16.4. The average molecular weight is 402 g/mol. The maximum absolute atomic E-state index is 12.6.